The molecule has 1 atom stereocenters. The Labute approximate surface area is 164 Å². The predicted molar refractivity (Wildman–Crippen MR) is 111 cm³/mol. The minimum absolute atomic E-state index is 0.250. The van der Waals surface area contributed by atoms with Gasteiger partial charge >= 0.3 is 0 Å². The van der Waals surface area contributed by atoms with E-state index in [2.05, 4.69) is 6.07 Å². The summed E-state index contributed by atoms with van der Waals surface area (Å²) in [6.45, 7) is 3.96. The van der Waals surface area contributed by atoms with E-state index in [1.807, 2.05) is 44.4 Å². The van der Waals surface area contributed by atoms with Crippen molar-refractivity contribution in [1.29, 1.82) is 5.26 Å². The lowest BCUT2D eigenvalue weighted by molar-refractivity contribution is 0.584. The van der Waals surface area contributed by atoms with Gasteiger partial charge in [0.15, 0.2) is 0 Å². The summed E-state index contributed by atoms with van der Waals surface area (Å²) < 4.78 is 28.4. The molecule has 1 heterocycles. The van der Waals surface area contributed by atoms with Crippen molar-refractivity contribution >= 4 is 32.7 Å². The van der Waals surface area contributed by atoms with Crippen molar-refractivity contribution < 1.29 is 8.42 Å². The molecule has 3 aromatic rings. The maximum atomic E-state index is 13.5. The third-order valence-corrected chi connectivity index (χ3v) is 7.29. The Morgan fingerprint density at radius 3 is 2.41 bits per heavy atom. The monoisotopic (exact) mass is 398 g/mol. The normalized spacial score (nSPS) is 12.8. The van der Waals surface area contributed by atoms with E-state index < -0.39 is 10.0 Å². The Morgan fingerprint density at radius 1 is 1.15 bits per heavy atom. The lowest BCUT2D eigenvalue weighted by Crippen LogP contribution is -2.14. The van der Waals surface area contributed by atoms with Crippen LogP contribution in [0.4, 0.5) is 0 Å². The minimum atomic E-state index is -3.77. The number of hydrogen-bond acceptors (Lipinski definition) is 4. The molecule has 0 saturated heterocycles. The molecule has 140 valence electrons. The molecule has 0 amide bonds. The van der Waals surface area contributed by atoms with Gasteiger partial charge in [0.25, 0.3) is 10.0 Å². The molecule has 4 nitrogen and oxygen atoms in total. The van der Waals surface area contributed by atoms with E-state index in [4.69, 9.17) is 0 Å². The number of aryl methyl sites for hydroxylation is 1. The SMILES string of the molecule is CCC[C@@H](C#N)c1c(SC)n(S(=O)(=O)c2ccc(C)cc2)c2ccccc12. The smallest absolute Gasteiger partial charge is 0.227 e. The van der Waals surface area contributed by atoms with Crippen LogP contribution in [0.3, 0.4) is 0 Å². The van der Waals surface area contributed by atoms with Crippen molar-refractivity contribution in [2.24, 2.45) is 0 Å². The summed E-state index contributed by atoms with van der Waals surface area (Å²) in [4.78, 5) is 0.250. The fraction of sp³-hybridized carbons (Fsp3) is 0.286. The van der Waals surface area contributed by atoms with Crippen LogP contribution in [-0.4, -0.2) is 18.6 Å². The molecule has 6 heteroatoms. The predicted octanol–water partition coefficient (Wildman–Crippen LogP) is 5.32. The van der Waals surface area contributed by atoms with Crippen molar-refractivity contribution in [2.75, 3.05) is 6.26 Å². The topological polar surface area (TPSA) is 62.9 Å². The zero-order valence-corrected chi connectivity index (χ0v) is 17.3. The van der Waals surface area contributed by atoms with Gasteiger partial charge in [-0.25, -0.2) is 12.4 Å². The highest BCUT2D eigenvalue weighted by molar-refractivity contribution is 7.99. The third kappa shape index (κ3) is 3.38. The van der Waals surface area contributed by atoms with Gasteiger partial charge < -0.3 is 0 Å². The lowest BCUT2D eigenvalue weighted by atomic mass is 9.95. The standard InChI is InChI=1S/C21H22N2O2S2/c1-4-7-16(14-22)20-18-8-5-6-9-19(18)23(21(20)26-3)27(24,25)17-12-10-15(2)11-13-17/h5-6,8-13,16H,4,7H2,1-3H3/t16-/m0/s1. The number of fused-ring (bicyclic) bond motifs is 1. The Morgan fingerprint density at radius 2 is 1.81 bits per heavy atom. The molecule has 0 saturated carbocycles. The number of nitriles is 1. The first-order valence-electron chi connectivity index (χ1n) is 8.84. The third-order valence-electron chi connectivity index (χ3n) is 4.66. The molecule has 0 N–H and O–H groups in total. The quantitative estimate of drug-likeness (QED) is 0.528. The van der Waals surface area contributed by atoms with Crippen LogP contribution in [0.5, 0.6) is 0 Å². The van der Waals surface area contributed by atoms with Gasteiger partial charge in [-0.3, -0.25) is 0 Å². The van der Waals surface area contributed by atoms with Gasteiger partial charge in [0.05, 0.1) is 27.4 Å². The lowest BCUT2D eigenvalue weighted by Gasteiger charge is -2.13. The largest absolute Gasteiger partial charge is 0.269 e. The molecule has 0 aliphatic carbocycles. The highest BCUT2D eigenvalue weighted by Gasteiger charge is 2.29. The van der Waals surface area contributed by atoms with E-state index in [1.54, 1.807) is 24.3 Å². The summed E-state index contributed by atoms with van der Waals surface area (Å²) >= 11 is 1.37. The van der Waals surface area contributed by atoms with E-state index in [1.165, 1.54) is 15.7 Å². The molecule has 0 radical (unpaired) electrons. The molecule has 2 aromatic carbocycles. The van der Waals surface area contributed by atoms with Crippen molar-refractivity contribution in [1.82, 2.24) is 3.97 Å². The molecule has 0 aliphatic rings. The van der Waals surface area contributed by atoms with Crippen LogP contribution >= 0.6 is 11.8 Å². The average molecular weight is 399 g/mol. The zero-order valence-electron chi connectivity index (χ0n) is 15.6. The van der Waals surface area contributed by atoms with Gasteiger partial charge in [0, 0.05) is 10.9 Å². The summed E-state index contributed by atoms with van der Waals surface area (Å²) in [5, 5.41) is 11.2. The Hall–Kier alpha value is -2.23. The van der Waals surface area contributed by atoms with E-state index in [0.29, 0.717) is 17.0 Å². The maximum absolute atomic E-state index is 13.5. The van der Waals surface area contributed by atoms with Crippen LogP contribution < -0.4 is 0 Å². The number of thioether (sulfide) groups is 1. The van der Waals surface area contributed by atoms with Gasteiger partial charge in [-0.05, 0) is 37.8 Å². The molecule has 0 bridgehead atoms. The molecule has 3 rings (SSSR count). The summed E-state index contributed by atoms with van der Waals surface area (Å²) in [5.74, 6) is -0.336. The summed E-state index contributed by atoms with van der Waals surface area (Å²) in [7, 11) is -3.77. The molecule has 1 aromatic heterocycles. The molecule has 0 fully saturated rings. The average Bonchev–Trinajstić information content (AvgIpc) is 3.01. The number of hydrogen-bond donors (Lipinski definition) is 0. The molecule has 0 aliphatic heterocycles. The van der Waals surface area contributed by atoms with Crippen molar-refractivity contribution in [2.45, 2.75) is 42.5 Å². The summed E-state index contributed by atoms with van der Waals surface area (Å²) in [6, 6.07) is 16.7. The summed E-state index contributed by atoms with van der Waals surface area (Å²) in [6.07, 6.45) is 3.41. The highest BCUT2D eigenvalue weighted by Crippen LogP contribution is 2.40. The Kier molecular flexibility index (Phi) is 5.64. The number of benzene rings is 2. The van der Waals surface area contributed by atoms with Crippen LogP contribution in [0, 0.1) is 18.3 Å². The van der Waals surface area contributed by atoms with Crippen LogP contribution in [-0.2, 0) is 10.0 Å². The number of rotatable bonds is 6. The Bertz CT molecular complexity index is 1110. The van der Waals surface area contributed by atoms with Crippen molar-refractivity contribution in [3.05, 3.63) is 59.7 Å². The van der Waals surface area contributed by atoms with E-state index in [-0.39, 0.29) is 10.8 Å². The van der Waals surface area contributed by atoms with E-state index >= 15 is 0 Å². The Balaban J connectivity index is 2.37. The second-order valence-electron chi connectivity index (χ2n) is 6.49. The second kappa shape index (κ2) is 7.79. The molecule has 27 heavy (non-hydrogen) atoms. The zero-order chi connectivity index (χ0) is 19.6. The fourth-order valence-corrected chi connectivity index (χ4v) is 6.04. The molecule has 0 unspecified atom stereocenters. The fourth-order valence-electron chi connectivity index (χ4n) is 3.36. The second-order valence-corrected chi connectivity index (χ2v) is 9.07. The van der Waals surface area contributed by atoms with Crippen LogP contribution in [0.2, 0.25) is 0 Å². The van der Waals surface area contributed by atoms with Crippen molar-refractivity contribution in [3.8, 4) is 6.07 Å². The first kappa shape index (κ1) is 19.5. The molecular formula is C21H22N2O2S2. The summed E-state index contributed by atoms with van der Waals surface area (Å²) in [5.41, 5.74) is 2.44. The first-order valence-corrected chi connectivity index (χ1v) is 11.5. The maximum Gasteiger partial charge on any atom is 0.269 e. The molecule has 0 spiro atoms. The van der Waals surface area contributed by atoms with Crippen LogP contribution in [0.25, 0.3) is 10.9 Å². The van der Waals surface area contributed by atoms with Crippen LogP contribution in [0.15, 0.2) is 58.5 Å². The van der Waals surface area contributed by atoms with Gasteiger partial charge in [0.1, 0.15) is 0 Å². The van der Waals surface area contributed by atoms with Crippen molar-refractivity contribution in [3.63, 3.8) is 0 Å². The van der Waals surface area contributed by atoms with Gasteiger partial charge in [-0.15, -0.1) is 11.8 Å². The van der Waals surface area contributed by atoms with Gasteiger partial charge in [0.2, 0.25) is 0 Å². The minimum Gasteiger partial charge on any atom is -0.227 e. The number of nitrogens with zero attached hydrogens (tertiary/aromatic N) is 2. The number of aromatic nitrogens is 1. The van der Waals surface area contributed by atoms with E-state index in [0.717, 1.165) is 22.9 Å². The van der Waals surface area contributed by atoms with Gasteiger partial charge in [-0.2, -0.15) is 5.26 Å². The van der Waals surface area contributed by atoms with E-state index in [9.17, 15) is 13.7 Å². The first-order chi connectivity index (χ1) is 13.0. The molecular weight excluding hydrogens is 376 g/mol. The van der Waals surface area contributed by atoms with Gasteiger partial charge in [-0.1, -0.05) is 49.2 Å². The highest BCUT2D eigenvalue weighted by atomic mass is 32.2. The number of para-hydroxylation sites is 1. The van der Waals surface area contributed by atoms with Crippen LogP contribution in [0.1, 0.15) is 36.8 Å².